The lowest BCUT2D eigenvalue weighted by Crippen LogP contribution is -2.29. The Labute approximate surface area is 124 Å². The Balaban J connectivity index is 1.97. The number of carboxylic acid groups (broad SMARTS) is 1. The minimum Gasteiger partial charge on any atom is -0.480 e. The maximum Gasteiger partial charge on any atom is 0.325 e. The van der Waals surface area contributed by atoms with Gasteiger partial charge in [-0.15, -0.1) is 0 Å². The molecule has 0 fully saturated rings. The average molecular weight is 291 g/mol. The highest BCUT2D eigenvalue weighted by Gasteiger charge is 2.19. The summed E-state index contributed by atoms with van der Waals surface area (Å²) < 4.78 is 13.3. The molecule has 1 aromatic carbocycles. The molecule has 1 aliphatic carbocycles. The molecule has 1 aliphatic rings. The summed E-state index contributed by atoms with van der Waals surface area (Å²) in [6.45, 7) is 2.27. The third-order valence-corrected chi connectivity index (χ3v) is 3.94. The number of rotatable bonds is 6. The highest BCUT2D eigenvalue weighted by atomic mass is 19.1. The number of aliphatic carboxylic acids is 1. The number of carboxylic acids is 1. The van der Waals surface area contributed by atoms with E-state index >= 15 is 0 Å². The zero-order valence-electron chi connectivity index (χ0n) is 12.4. The molecular weight excluding hydrogens is 269 g/mol. The summed E-state index contributed by atoms with van der Waals surface area (Å²) in [6, 6.07) is 3.68. The largest absolute Gasteiger partial charge is 0.480 e. The predicted molar refractivity (Wildman–Crippen MR) is 80.7 cm³/mol. The fourth-order valence-electron chi connectivity index (χ4n) is 2.70. The van der Waals surface area contributed by atoms with Crippen molar-refractivity contribution < 1.29 is 14.3 Å². The van der Waals surface area contributed by atoms with Gasteiger partial charge in [0.2, 0.25) is 0 Å². The van der Waals surface area contributed by atoms with Gasteiger partial charge in [-0.1, -0.05) is 23.8 Å². The maximum atomic E-state index is 13.3. The zero-order chi connectivity index (χ0) is 15.2. The Kier molecular flexibility index (Phi) is 5.51. The third kappa shape index (κ3) is 4.39. The number of halogens is 1. The van der Waals surface area contributed by atoms with E-state index in [1.165, 1.54) is 30.5 Å². The Morgan fingerprint density at radius 2 is 2.24 bits per heavy atom. The zero-order valence-corrected chi connectivity index (χ0v) is 12.4. The second-order valence-corrected chi connectivity index (χ2v) is 5.59. The molecule has 0 spiro atoms. The first-order valence-corrected chi connectivity index (χ1v) is 7.48. The summed E-state index contributed by atoms with van der Waals surface area (Å²) in [5.74, 6) is -1.24. The van der Waals surface area contributed by atoms with Crippen LogP contribution in [0, 0.1) is 12.7 Å². The van der Waals surface area contributed by atoms with Gasteiger partial charge in [0.15, 0.2) is 0 Å². The summed E-state index contributed by atoms with van der Waals surface area (Å²) in [6.07, 6.45) is 7.88. The highest BCUT2D eigenvalue weighted by Crippen LogP contribution is 2.21. The van der Waals surface area contributed by atoms with Crippen LogP contribution in [-0.4, -0.2) is 17.6 Å². The number of hydrogen-bond acceptors (Lipinski definition) is 2. The first kappa shape index (κ1) is 15.7. The summed E-state index contributed by atoms with van der Waals surface area (Å²) in [5.41, 5.74) is 2.47. The second kappa shape index (κ2) is 7.36. The van der Waals surface area contributed by atoms with E-state index in [9.17, 15) is 14.3 Å². The molecule has 2 N–H and O–H groups in total. The van der Waals surface area contributed by atoms with Crippen molar-refractivity contribution in [3.63, 3.8) is 0 Å². The van der Waals surface area contributed by atoms with E-state index in [1.807, 2.05) is 0 Å². The predicted octanol–water partition coefficient (Wildman–Crippen LogP) is 3.74. The molecular formula is C17H22FNO2. The van der Waals surface area contributed by atoms with Crippen molar-refractivity contribution in [2.24, 2.45) is 0 Å². The molecule has 0 saturated carbocycles. The Hall–Kier alpha value is -1.68. The summed E-state index contributed by atoms with van der Waals surface area (Å²) in [5, 5.41) is 12.4. The van der Waals surface area contributed by atoms with Crippen LogP contribution in [0.25, 0.3) is 0 Å². The summed E-state index contributed by atoms with van der Waals surface area (Å²) >= 11 is 0. The van der Waals surface area contributed by atoms with Gasteiger partial charge in [0, 0.05) is 0 Å². The van der Waals surface area contributed by atoms with Crippen molar-refractivity contribution in [3.8, 4) is 0 Å². The van der Waals surface area contributed by atoms with Gasteiger partial charge in [-0.2, -0.15) is 0 Å². The molecule has 0 bridgehead atoms. The first-order valence-electron chi connectivity index (χ1n) is 7.48. The molecule has 0 saturated heterocycles. The van der Waals surface area contributed by atoms with Crippen molar-refractivity contribution in [2.75, 3.05) is 6.54 Å². The standard InChI is InChI=1S/C17H22FNO2/c1-12-11-14(7-8-15(12)18)16(17(20)21)19-10-9-13-5-3-2-4-6-13/h5,7-8,11,16,19H,2-4,6,9-10H2,1H3,(H,20,21). The first-order chi connectivity index (χ1) is 10.1. The SMILES string of the molecule is Cc1cc(C(NCCC2=CCCCC2)C(=O)O)ccc1F. The van der Waals surface area contributed by atoms with E-state index < -0.39 is 12.0 Å². The molecule has 2 rings (SSSR count). The Morgan fingerprint density at radius 1 is 1.43 bits per heavy atom. The van der Waals surface area contributed by atoms with Gasteiger partial charge in [0.25, 0.3) is 0 Å². The topological polar surface area (TPSA) is 49.3 Å². The van der Waals surface area contributed by atoms with E-state index in [1.54, 1.807) is 13.0 Å². The van der Waals surface area contributed by atoms with Crippen LogP contribution < -0.4 is 5.32 Å². The molecule has 4 heteroatoms. The van der Waals surface area contributed by atoms with E-state index in [4.69, 9.17) is 0 Å². The van der Waals surface area contributed by atoms with Crippen LogP contribution in [0.4, 0.5) is 4.39 Å². The van der Waals surface area contributed by atoms with Crippen molar-refractivity contribution in [1.82, 2.24) is 5.32 Å². The lowest BCUT2D eigenvalue weighted by molar-refractivity contribution is -0.139. The van der Waals surface area contributed by atoms with Gasteiger partial charge in [0.05, 0.1) is 0 Å². The van der Waals surface area contributed by atoms with Crippen molar-refractivity contribution in [2.45, 2.75) is 45.1 Å². The number of benzene rings is 1. The van der Waals surface area contributed by atoms with Gasteiger partial charge in [-0.05, 0) is 62.8 Å². The van der Waals surface area contributed by atoms with E-state index in [-0.39, 0.29) is 5.82 Å². The van der Waals surface area contributed by atoms with Gasteiger partial charge < -0.3 is 10.4 Å². The van der Waals surface area contributed by atoms with Crippen LogP contribution in [-0.2, 0) is 4.79 Å². The Morgan fingerprint density at radius 3 is 2.86 bits per heavy atom. The lowest BCUT2D eigenvalue weighted by atomic mass is 9.97. The fraction of sp³-hybridized carbons (Fsp3) is 0.471. The number of aryl methyl sites for hydroxylation is 1. The summed E-state index contributed by atoms with van der Waals surface area (Å²) in [4.78, 5) is 11.4. The molecule has 21 heavy (non-hydrogen) atoms. The maximum absolute atomic E-state index is 13.3. The number of hydrogen-bond donors (Lipinski definition) is 2. The number of carbonyl (C=O) groups is 1. The minimum absolute atomic E-state index is 0.310. The van der Waals surface area contributed by atoms with Gasteiger partial charge in [-0.3, -0.25) is 4.79 Å². The van der Waals surface area contributed by atoms with Gasteiger partial charge in [0.1, 0.15) is 11.9 Å². The number of allylic oxidation sites excluding steroid dienone is 1. The van der Waals surface area contributed by atoms with E-state index in [0.29, 0.717) is 17.7 Å². The lowest BCUT2D eigenvalue weighted by Gasteiger charge is -2.17. The fourth-order valence-corrected chi connectivity index (χ4v) is 2.70. The average Bonchev–Trinajstić information content (AvgIpc) is 2.47. The number of nitrogens with one attached hydrogen (secondary N) is 1. The van der Waals surface area contributed by atoms with E-state index in [2.05, 4.69) is 11.4 Å². The van der Waals surface area contributed by atoms with Crippen molar-refractivity contribution >= 4 is 5.97 Å². The van der Waals surface area contributed by atoms with Gasteiger partial charge >= 0.3 is 5.97 Å². The van der Waals surface area contributed by atoms with Crippen LogP contribution >= 0.6 is 0 Å². The molecule has 0 heterocycles. The summed E-state index contributed by atoms with van der Waals surface area (Å²) in [7, 11) is 0. The van der Waals surface area contributed by atoms with Crippen LogP contribution in [0.3, 0.4) is 0 Å². The van der Waals surface area contributed by atoms with Gasteiger partial charge in [-0.25, -0.2) is 4.39 Å². The van der Waals surface area contributed by atoms with Crippen LogP contribution in [0.15, 0.2) is 29.8 Å². The van der Waals surface area contributed by atoms with Crippen molar-refractivity contribution in [1.29, 1.82) is 0 Å². The molecule has 0 amide bonds. The second-order valence-electron chi connectivity index (χ2n) is 5.59. The highest BCUT2D eigenvalue weighted by molar-refractivity contribution is 5.75. The van der Waals surface area contributed by atoms with E-state index in [0.717, 1.165) is 19.3 Å². The van der Waals surface area contributed by atoms with Crippen LogP contribution in [0.1, 0.15) is 49.3 Å². The molecule has 0 radical (unpaired) electrons. The molecule has 1 unspecified atom stereocenters. The molecule has 1 aromatic rings. The van der Waals surface area contributed by atoms with Crippen LogP contribution in [0.5, 0.6) is 0 Å². The quantitative estimate of drug-likeness (QED) is 0.785. The van der Waals surface area contributed by atoms with Crippen molar-refractivity contribution in [3.05, 3.63) is 46.8 Å². The monoisotopic (exact) mass is 291 g/mol. The smallest absolute Gasteiger partial charge is 0.325 e. The third-order valence-electron chi connectivity index (χ3n) is 3.94. The van der Waals surface area contributed by atoms with Crippen LogP contribution in [0.2, 0.25) is 0 Å². The molecule has 0 aliphatic heterocycles. The molecule has 114 valence electrons. The molecule has 3 nitrogen and oxygen atoms in total. The molecule has 1 atom stereocenters. The normalized spacial score (nSPS) is 16.4. The minimum atomic E-state index is -0.932. The Bertz CT molecular complexity index is 540. The molecule has 0 aromatic heterocycles.